The lowest BCUT2D eigenvalue weighted by Crippen LogP contribution is -2.15. The van der Waals surface area contributed by atoms with Crippen LogP contribution >= 0.6 is 0 Å². The van der Waals surface area contributed by atoms with Crippen molar-refractivity contribution in [1.82, 2.24) is 9.78 Å². The molecule has 1 atom stereocenters. The number of nitrogen functional groups attached to an aromatic ring is 2. The maximum absolute atomic E-state index is 9.00. The molecule has 12 heavy (non-hydrogen) atoms. The van der Waals surface area contributed by atoms with Gasteiger partial charge in [0.1, 0.15) is 17.7 Å². The number of nitrogens with one attached hydrogen (secondary N) is 1. The molecule has 0 amide bonds. The molecule has 0 unspecified atom stereocenters. The van der Waals surface area contributed by atoms with E-state index in [1.54, 1.807) is 14.0 Å². The molecule has 1 heterocycles. The predicted molar refractivity (Wildman–Crippen MR) is 47.3 cm³/mol. The van der Waals surface area contributed by atoms with Gasteiger partial charge in [0, 0.05) is 7.05 Å². The summed E-state index contributed by atoms with van der Waals surface area (Å²) < 4.78 is 1.44. The fraction of sp³-hybridized carbons (Fsp3) is 0.500. The first-order valence-electron chi connectivity index (χ1n) is 3.55. The van der Waals surface area contributed by atoms with Crippen molar-refractivity contribution in [3.05, 3.63) is 0 Å². The number of nitrogens with two attached hydrogens (primary N) is 2. The first kappa shape index (κ1) is 8.66. The van der Waals surface area contributed by atoms with Gasteiger partial charge in [-0.25, -0.2) is 4.68 Å². The van der Waals surface area contributed by atoms with Gasteiger partial charge in [-0.3, -0.25) is 0 Å². The molecule has 1 aromatic heterocycles. The molecular formula is C6H13N5O. The van der Waals surface area contributed by atoms with Gasteiger partial charge < -0.3 is 21.9 Å². The van der Waals surface area contributed by atoms with E-state index in [2.05, 4.69) is 10.4 Å². The van der Waals surface area contributed by atoms with E-state index in [0.717, 1.165) is 0 Å². The van der Waals surface area contributed by atoms with E-state index in [-0.39, 0.29) is 5.82 Å². The third-order valence-electron chi connectivity index (χ3n) is 1.47. The molecule has 0 fully saturated rings. The summed E-state index contributed by atoms with van der Waals surface area (Å²) in [7, 11) is 1.68. The Hall–Kier alpha value is -1.43. The van der Waals surface area contributed by atoms with Crippen molar-refractivity contribution >= 4 is 17.3 Å². The van der Waals surface area contributed by atoms with Gasteiger partial charge in [-0.1, -0.05) is 0 Å². The van der Waals surface area contributed by atoms with Crippen LogP contribution in [0.15, 0.2) is 0 Å². The number of hydrogen-bond donors (Lipinski definition) is 4. The fourth-order valence-corrected chi connectivity index (χ4v) is 0.915. The van der Waals surface area contributed by atoms with Gasteiger partial charge in [0.25, 0.3) is 0 Å². The molecular weight excluding hydrogens is 158 g/mol. The van der Waals surface area contributed by atoms with Crippen LogP contribution in [0.3, 0.4) is 0 Å². The molecule has 0 saturated heterocycles. The van der Waals surface area contributed by atoms with Crippen LogP contribution in [-0.2, 0) is 7.05 Å². The molecule has 0 aliphatic carbocycles. The second-order valence-corrected chi connectivity index (χ2v) is 2.59. The van der Waals surface area contributed by atoms with Crippen LogP contribution in [0.1, 0.15) is 6.92 Å². The van der Waals surface area contributed by atoms with Crippen LogP contribution in [0.2, 0.25) is 0 Å². The van der Waals surface area contributed by atoms with Crippen molar-refractivity contribution in [2.24, 2.45) is 7.05 Å². The number of rotatable bonds is 2. The van der Waals surface area contributed by atoms with E-state index in [4.69, 9.17) is 16.6 Å². The number of aryl methyl sites for hydroxylation is 1. The Bertz CT molecular complexity index is 280. The second-order valence-electron chi connectivity index (χ2n) is 2.59. The molecule has 0 radical (unpaired) electrons. The zero-order valence-electron chi connectivity index (χ0n) is 7.07. The van der Waals surface area contributed by atoms with E-state index >= 15 is 0 Å². The Morgan fingerprint density at radius 1 is 1.58 bits per heavy atom. The molecule has 68 valence electrons. The molecule has 0 spiro atoms. The molecule has 6 nitrogen and oxygen atoms in total. The lowest BCUT2D eigenvalue weighted by Gasteiger charge is -2.07. The van der Waals surface area contributed by atoms with Crippen LogP contribution in [0, 0.1) is 0 Å². The standard InChI is InChI=1S/C6H13N5O/c1-3(12)9-4-5(7)10-11(2)6(4)8/h3,9,12H,8H2,1-2H3,(H2,7,10)/t3-/m1/s1. The SMILES string of the molecule is C[C@@H](O)Nc1c(N)nn(C)c1N. The maximum atomic E-state index is 9.00. The summed E-state index contributed by atoms with van der Waals surface area (Å²) in [6, 6.07) is 0. The lowest BCUT2D eigenvalue weighted by molar-refractivity contribution is 0.224. The highest BCUT2D eigenvalue weighted by Gasteiger charge is 2.11. The number of aromatic nitrogens is 2. The van der Waals surface area contributed by atoms with Crippen molar-refractivity contribution in [3.63, 3.8) is 0 Å². The van der Waals surface area contributed by atoms with Crippen molar-refractivity contribution in [1.29, 1.82) is 0 Å². The molecule has 0 bridgehead atoms. The highest BCUT2D eigenvalue weighted by atomic mass is 16.3. The number of hydrogen-bond acceptors (Lipinski definition) is 5. The van der Waals surface area contributed by atoms with Crippen molar-refractivity contribution in [3.8, 4) is 0 Å². The Morgan fingerprint density at radius 3 is 2.50 bits per heavy atom. The average Bonchev–Trinajstić information content (AvgIpc) is 2.16. The van der Waals surface area contributed by atoms with Crippen LogP contribution < -0.4 is 16.8 Å². The van der Waals surface area contributed by atoms with Crippen LogP contribution in [0.5, 0.6) is 0 Å². The summed E-state index contributed by atoms with van der Waals surface area (Å²) in [5, 5.41) is 15.5. The maximum Gasteiger partial charge on any atom is 0.171 e. The Morgan fingerprint density at radius 2 is 2.17 bits per heavy atom. The van der Waals surface area contributed by atoms with Crippen LogP contribution in [-0.4, -0.2) is 21.1 Å². The first-order chi connectivity index (χ1) is 5.52. The van der Waals surface area contributed by atoms with Gasteiger partial charge in [0.2, 0.25) is 0 Å². The van der Waals surface area contributed by atoms with Gasteiger partial charge in [-0.2, -0.15) is 5.10 Å². The summed E-state index contributed by atoms with van der Waals surface area (Å²) in [6.07, 6.45) is -0.696. The quantitative estimate of drug-likeness (QED) is 0.442. The Balaban J connectivity index is 2.97. The van der Waals surface area contributed by atoms with E-state index < -0.39 is 6.23 Å². The largest absolute Gasteiger partial charge is 0.382 e. The van der Waals surface area contributed by atoms with E-state index in [0.29, 0.717) is 11.5 Å². The van der Waals surface area contributed by atoms with Crippen LogP contribution in [0.25, 0.3) is 0 Å². The van der Waals surface area contributed by atoms with Crippen molar-refractivity contribution in [2.45, 2.75) is 13.2 Å². The number of nitrogens with zero attached hydrogens (tertiary/aromatic N) is 2. The van der Waals surface area contributed by atoms with Gasteiger partial charge >= 0.3 is 0 Å². The van der Waals surface area contributed by atoms with Crippen molar-refractivity contribution in [2.75, 3.05) is 16.8 Å². The first-order valence-corrected chi connectivity index (χ1v) is 3.55. The monoisotopic (exact) mass is 171 g/mol. The molecule has 1 rings (SSSR count). The molecule has 0 aliphatic rings. The normalized spacial score (nSPS) is 12.9. The van der Waals surface area contributed by atoms with Crippen LogP contribution in [0.4, 0.5) is 17.3 Å². The smallest absolute Gasteiger partial charge is 0.171 e. The minimum absolute atomic E-state index is 0.288. The van der Waals surface area contributed by atoms with Gasteiger partial charge in [-0.05, 0) is 6.92 Å². The molecule has 6 N–H and O–H groups in total. The van der Waals surface area contributed by atoms with E-state index in [1.807, 2.05) is 0 Å². The summed E-state index contributed by atoms with van der Waals surface area (Å²) in [4.78, 5) is 0. The summed E-state index contributed by atoms with van der Waals surface area (Å²) in [6.45, 7) is 1.58. The topological polar surface area (TPSA) is 102 Å². The average molecular weight is 171 g/mol. The zero-order valence-corrected chi connectivity index (χ0v) is 7.07. The number of aliphatic hydroxyl groups excluding tert-OH is 1. The third kappa shape index (κ3) is 1.42. The molecule has 0 saturated carbocycles. The fourth-order valence-electron chi connectivity index (χ4n) is 0.915. The van der Waals surface area contributed by atoms with E-state index in [1.165, 1.54) is 4.68 Å². The second kappa shape index (κ2) is 2.90. The lowest BCUT2D eigenvalue weighted by atomic mass is 10.4. The summed E-state index contributed by atoms with van der Waals surface area (Å²) in [5.41, 5.74) is 11.6. The molecule has 0 aliphatic heterocycles. The Kier molecular flexibility index (Phi) is 2.09. The summed E-state index contributed by atoms with van der Waals surface area (Å²) in [5.74, 6) is 0.698. The number of aliphatic hydroxyl groups is 1. The van der Waals surface area contributed by atoms with Crippen molar-refractivity contribution < 1.29 is 5.11 Å². The third-order valence-corrected chi connectivity index (χ3v) is 1.47. The van der Waals surface area contributed by atoms with Gasteiger partial charge in [0.15, 0.2) is 5.82 Å². The summed E-state index contributed by atoms with van der Waals surface area (Å²) >= 11 is 0. The van der Waals surface area contributed by atoms with Gasteiger partial charge in [0.05, 0.1) is 0 Å². The molecule has 1 aromatic rings. The minimum atomic E-state index is -0.696. The molecule has 0 aromatic carbocycles. The molecule has 6 heteroatoms. The highest BCUT2D eigenvalue weighted by Crippen LogP contribution is 2.24. The highest BCUT2D eigenvalue weighted by molar-refractivity contribution is 5.74. The Labute approximate surface area is 70.2 Å². The predicted octanol–water partition coefficient (Wildman–Crippen LogP) is -0.665. The zero-order chi connectivity index (χ0) is 9.30. The van der Waals surface area contributed by atoms with Gasteiger partial charge in [-0.15, -0.1) is 0 Å². The van der Waals surface area contributed by atoms with E-state index in [9.17, 15) is 0 Å². The number of anilines is 3. The minimum Gasteiger partial charge on any atom is -0.382 e.